The van der Waals surface area contributed by atoms with Crippen molar-refractivity contribution in [2.24, 2.45) is 0 Å². The summed E-state index contributed by atoms with van der Waals surface area (Å²) in [7, 11) is 0. The zero-order valence-electron chi connectivity index (χ0n) is 21.9. The van der Waals surface area contributed by atoms with Gasteiger partial charge in [-0.3, -0.25) is 0 Å². The first-order chi connectivity index (χ1) is 18.0. The minimum atomic E-state index is 0. The Balaban J connectivity index is 0.000000218. The summed E-state index contributed by atoms with van der Waals surface area (Å²) in [5.41, 5.74) is 5.54. The van der Waals surface area contributed by atoms with Gasteiger partial charge in [-0.05, 0) is 46.3 Å². The van der Waals surface area contributed by atoms with E-state index in [9.17, 15) is 0 Å². The summed E-state index contributed by atoms with van der Waals surface area (Å²) in [6.07, 6.45) is 4.81. The van der Waals surface area contributed by atoms with Gasteiger partial charge in [0.1, 0.15) is 0 Å². The fraction of sp³-hybridized carbons (Fsp3) is 0.143. The molecule has 0 atom stereocenters. The van der Waals surface area contributed by atoms with E-state index in [4.69, 9.17) is 0 Å². The van der Waals surface area contributed by atoms with Gasteiger partial charge in [0.2, 0.25) is 0 Å². The Bertz CT molecular complexity index is 1590. The van der Waals surface area contributed by atoms with Crippen LogP contribution in [-0.4, -0.2) is 9.97 Å². The Labute approximate surface area is 239 Å². The van der Waals surface area contributed by atoms with Gasteiger partial charge in [-0.25, -0.2) is 0 Å². The molecule has 1 radical (unpaired) electrons. The molecule has 2 aromatic heterocycles. The van der Waals surface area contributed by atoms with Crippen molar-refractivity contribution < 1.29 is 20.1 Å². The van der Waals surface area contributed by atoms with Crippen LogP contribution in [0.2, 0.25) is 0 Å². The quantitative estimate of drug-likeness (QED) is 0.138. The third-order valence-corrected chi connectivity index (χ3v) is 7.03. The number of pyridine rings is 2. The van der Waals surface area contributed by atoms with Gasteiger partial charge in [-0.2, -0.15) is 0 Å². The molecular weight excluding hydrogens is 641 g/mol. The number of hydrogen-bond donors (Lipinski definition) is 0. The Morgan fingerprint density at radius 2 is 1.42 bits per heavy atom. The van der Waals surface area contributed by atoms with Crippen molar-refractivity contribution in [1.82, 2.24) is 9.97 Å². The van der Waals surface area contributed by atoms with Crippen LogP contribution in [0.5, 0.6) is 0 Å². The van der Waals surface area contributed by atoms with E-state index in [1.165, 1.54) is 27.1 Å². The van der Waals surface area contributed by atoms with Crippen molar-refractivity contribution in [3.63, 3.8) is 0 Å². The Kier molecular flexibility index (Phi) is 8.84. The first kappa shape index (κ1) is 27.4. The topological polar surface area (TPSA) is 25.8 Å². The second-order valence-electron chi connectivity index (χ2n) is 9.79. The number of fused-ring (bicyclic) bond motifs is 3. The van der Waals surface area contributed by atoms with E-state index in [2.05, 4.69) is 104 Å². The van der Waals surface area contributed by atoms with Crippen molar-refractivity contribution in [1.29, 1.82) is 0 Å². The molecule has 0 saturated heterocycles. The number of hydrogen-bond acceptors (Lipinski definition) is 2. The second kappa shape index (κ2) is 12.3. The number of nitrogens with zero attached hydrogens (tertiary/aromatic N) is 2. The van der Waals surface area contributed by atoms with Gasteiger partial charge in [0.25, 0.3) is 0 Å². The molecule has 6 rings (SSSR count). The maximum Gasteiger partial charge on any atom is 0.0163 e. The maximum atomic E-state index is 4.60. The molecule has 0 bridgehead atoms. The summed E-state index contributed by atoms with van der Waals surface area (Å²) in [6.45, 7) is 6.79. The van der Waals surface area contributed by atoms with Gasteiger partial charge < -0.3 is 9.97 Å². The Morgan fingerprint density at radius 1 is 0.658 bits per heavy atom. The Morgan fingerprint density at radius 3 is 2.18 bits per heavy atom. The van der Waals surface area contributed by atoms with Crippen molar-refractivity contribution in [3.8, 4) is 22.5 Å². The molecule has 0 N–H and O–H groups in total. The van der Waals surface area contributed by atoms with E-state index < -0.39 is 0 Å². The molecule has 0 spiro atoms. The van der Waals surface area contributed by atoms with Gasteiger partial charge >= 0.3 is 0 Å². The number of aromatic nitrogens is 2. The average Bonchev–Trinajstić information content (AvgIpc) is 2.98. The molecule has 0 saturated carbocycles. The molecule has 191 valence electrons. The average molecular weight is 671 g/mol. The summed E-state index contributed by atoms with van der Waals surface area (Å²) >= 11 is 0. The summed E-state index contributed by atoms with van der Waals surface area (Å²) in [5, 5.41) is 5.01. The van der Waals surface area contributed by atoms with Gasteiger partial charge in [0, 0.05) is 32.5 Å². The largest absolute Gasteiger partial charge is 0.305 e. The monoisotopic (exact) mass is 671 g/mol. The zero-order valence-corrected chi connectivity index (χ0v) is 24.3. The van der Waals surface area contributed by atoms with Gasteiger partial charge in [-0.15, -0.1) is 65.0 Å². The molecule has 0 aliphatic heterocycles. The van der Waals surface area contributed by atoms with E-state index in [0.29, 0.717) is 0 Å². The van der Waals surface area contributed by atoms with Gasteiger partial charge in [-0.1, -0.05) is 86.1 Å². The molecule has 3 heteroatoms. The molecule has 6 aromatic rings. The van der Waals surface area contributed by atoms with Gasteiger partial charge in [0.15, 0.2) is 0 Å². The second-order valence-corrected chi connectivity index (χ2v) is 9.79. The van der Waals surface area contributed by atoms with Crippen LogP contribution < -0.4 is 0 Å². The molecule has 38 heavy (non-hydrogen) atoms. The molecule has 4 aromatic carbocycles. The first-order valence-electron chi connectivity index (χ1n) is 12.7. The van der Waals surface area contributed by atoms with Crippen molar-refractivity contribution in [2.75, 3.05) is 0 Å². The molecule has 0 aliphatic rings. The number of rotatable bonds is 4. The molecule has 2 heterocycles. The van der Waals surface area contributed by atoms with E-state index in [1.807, 2.05) is 48.7 Å². The van der Waals surface area contributed by atoms with Crippen LogP contribution in [0.15, 0.2) is 116 Å². The molecule has 0 aliphatic carbocycles. The third kappa shape index (κ3) is 6.07. The summed E-state index contributed by atoms with van der Waals surface area (Å²) < 4.78 is 0. The van der Waals surface area contributed by atoms with E-state index in [0.717, 1.165) is 28.9 Å². The van der Waals surface area contributed by atoms with E-state index in [1.54, 1.807) is 6.20 Å². The molecular formula is C35H30IrN2-2. The van der Waals surface area contributed by atoms with Crippen LogP contribution in [0.3, 0.4) is 0 Å². The van der Waals surface area contributed by atoms with Crippen LogP contribution >= 0.6 is 0 Å². The summed E-state index contributed by atoms with van der Waals surface area (Å²) in [5.74, 6) is 0. The van der Waals surface area contributed by atoms with Crippen LogP contribution in [0.4, 0.5) is 0 Å². The Hall–Kier alpha value is -3.65. The van der Waals surface area contributed by atoms with Gasteiger partial charge in [0.05, 0.1) is 0 Å². The predicted octanol–water partition coefficient (Wildman–Crippen LogP) is 9.09. The summed E-state index contributed by atoms with van der Waals surface area (Å²) in [6, 6.07) is 41.8. The van der Waals surface area contributed by atoms with Crippen LogP contribution in [0.1, 0.15) is 32.8 Å². The van der Waals surface area contributed by atoms with Crippen molar-refractivity contribution >= 4 is 21.5 Å². The number of benzene rings is 4. The smallest absolute Gasteiger partial charge is 0.0163 e. The van der Waals surface area contributed by atoms with E-state index >= 15 is 0 Å². The maximum absolute atomic E-state index is 4.60. The van der Waals surface area contributed by atoms with E-state index in [-0.39, 0.29) is 25.5 Å². The zero-order chi connectivity index (χ0) is 25.7. The molecule has 0 fully saturated rings. The fourth-order valence-corrected chi connectivity index (χ4v) is 4.37. The summed E-state index contributed by atoms with van der Waals surface area (Å²) in [4.78, 5) is 8.81. The van der Waals surface area contributed by atoms with Crippen molar-refractivity contribution in [2.45, 2.75) is 32.6 Å². The third-order valence-electron chi connectivity index (χ3n) is 7.03. The molecule has 2 nitrogen and oxygen atoms in total. The predicted molar refractivity (Wildman–Crippen MR) is 155 cm³/mol. The normalized spacial score (nSPS) is 10.9. The van der Waals surface area contributed by atoms with Crippen LogP contribution in [0.25, 0.3) is 44.1 Å². The minimum absolute atomic E-state index is 0. The van der Waals surface area contributed by atoms with Crippen molar-refractivity contribution in [3.05, 3.63) is 133 Å². The minimum Gasteiger partial charge on any atom is -0.305 e. The first-order valence-corrected chi connectivity index (χ1v) is 12.7. The molecule has 0 amide bonds. The van der Waals surface area contributed by atoms with Crippen LogP contribution in [-0.2, 0) is 25.5 Å². The van der Waals surface area contributed by atoms with Crippen LogP contribution in [0, 0.1) is 12.1 Å². The molecule has 0 unspecified atom stereocenters. The SMILES string of the molecule is CCC(C)(C)c1ccnc(-c2[c-]cc3c(ccc4ccccc43)c2)c1.[Ir].[c-]1ccccc1-c1ccccn1. The fourth-order valence-electron chi connectivity index (χ4n) is 4.37. The standard InChI is InChI=1S/C24H22N.C11H8N.Ir/c1-4-24(2,3)20-13-14-25-23(16-20)19-11-12-22-18(15-19)10-9-17-7-5-6-8-21(17)22;1-2-6-10(7-3-1)11-8-4-5-9-12-11;/h5-10,12-16H,4H2,1-3H3;1-6,8-9H;/q2*-1;.